The number of amides is 1. The second-order valence-electron chi connectivity index (χ2n) is 4.12. The maximum atomic E-state index is 11.5. The van der Waals surface area contributed by atoms with Crippen LogP contribution in [0.3, 0.4) is 0 Å². The lowest BCUT2D eigenvalue weighted by Crippen LogP contribution is -2.30. The van der Waals surface area contributed by atoms with Gasteiger partial charge in [0, 0.05) is 19.4 Å². The van der Waals surface area contributed by atoms with E-state index in [1.165, 1.54) is 0 Å². The summed E-state index contributed by atoms with van der Waals surface area (Å²) in [5.41, 5.74) is 0.684. The highest BCUT2D eigenvalue weighted by molar-refractivity contribution is 5.76. The van der Waals surface area contributed by atoms with E-state index in [0.717, 1.165) is 0 Å². The van der Waals surface area contributed by atoms with E-state index in [9.17, 15) is 14.7 Å². The number of aliphatic carboxylic acids is 1. The fraction of sp³-hybridized carbons (Fsp3) is 0.385. The van der Waals surface area contributed by atoms with Gasteiger partial charge in [0.15, 0.2) is 6.10 Å². The average molecular weight is 267 g/mol. The highest BCUT2D eigenvalue weighted by Crippen LogP contribution is 2.16. The zero-order valence-corrected chi connectivity index (χ0v) is 10.4. The number of aryl methyl sites for hydroxylation is 1. The Morgan fingerprint density at radius 2 is 1.95 bits per heavy atom. The van der Waals surface area contributed by atoms with Gasteiger partial charge in [-0.25, -0.2) is 4.79 Å². The van der Waals surface area contributed by atoms with Gasteiger partial charge in [-0.05, 0) is 18.1 Å². The van der Waals surface area contributed by atoms with E-state index in [2.05, 4.69) is 5.32 Å². The molecule has 1 aromatic carbocycles. The third-order valence-corrected chi connectivity index (χ3v) is 2.64. The van der Waals surface area contributed by atoms with Crippen molar-refractivity contribution in [3.8, 4) is 5.75 Å². The van der Waals surface area contributed by atoms with Crippen molar-refractivity contribution in [1.29, 1.82) is 0 Å². The number of aliphatic hydroxyl groups is 1. The number of nitrogens with one attached hydrogen (secondary N) is 1. The molecule has 6 nitrogen and oxygen atoms in total. The molecule has 0 aliphatic rings. The van der Waals surface area contributed by atoms with Crippen LogP contribution in [0.2, 0.25) is 0 Å². The SMILES string of the molecule is O=C(CCc1ccccc1O)NCCC(O)C(=O)O. The summed E-state index contributed by atoms with van der Waals surface area (Å²) >= 11 is 0. The van der Waals surface area contributed by atoms with E-state index in [1.54, 1.807) is 24.3 Å². The number of hydrogen-bond acceptors (Lipinski definition) is 4. The smallest absolute Gasteiger partial charge is 0.332 e. The lowest BCUT2D eigenvalue weighted by Gasteiger charge is -2.08. The number of aromatic hydroxyl groups is 1. The Morgan fingerprint density at radius 1 is 1.26 bits per heavy atom. The van der Waals surface area contributed by atoms with Crippen molar-refractivity contribution < 1.29 is 24.9 Å². The number of para-hydroxylation sites is 1. The lowest BCUT2D eigenvalue weighted by atomic mass is 10.1. The third-order valence-electron chi connectivity index (χ3n) is 2.64. The van der Waals surface area contributed by atoms with Crippen LogP contribution in [0.5, 0.6) is 5.75 Å². The largest absolute Gasteiger partial charge is 0.508 e. The van der Waals surface area contributed by atoms with Crippen LogP contribution in [0.1, 0.15) is 18.4 Å². The number of hydrogen-bond donors (Lipinski definition) is 4. The van der Waals surface area contributed by atoms with Gasteiger partial charge in [0.05, 0.1) is 0 Å². The molecule has 1 rings (SSSR count). The molecule has 0 heterocycles. The Balaban J connectivity index is 2.25. The van der Waals surface area contributed by atoms with Gasteiger partial charge in [-0.3, -0.25) is 4.79 Å². The van der Waals surface area contributed by atoms with Gasteiger partial charge in [-0.15, -0.1) is 0 Å². The summed E-state index contributed by atoms with van der Waals surface area (Å²) in [6, 6.07) is 6.76. The third kappa shape index (κ3) is 5.39. The summed E-state index contributed by atoms with van der Waals surface area (Å²) in [5, 5.41) is 29.5. The fourth-order valence-corrected chi connectivity index (χ4v) is 1.53. The number of phenolic OH excluding ortho intramolecular Hbond substituents is 1. The first-order valence-electron chi connectivity index (χ1n) is 5.95. The topological polar surface area (TPSA) is 107 Å². The highest BCUT2D eigenvalue weighted by atomic mass is 16.4. The average Bonchev–Trinajstić information content (AvgIpc) is 2.37. The molecule has 6 heteroatoms. The first-order valence-corrected chi connectivity index (χ1v) is 5.95. The highest BCUT2D eigenvalue weighted by Gasteiger charge is 2.12. The van der Waals surface area contributed by atoms with Gasteiger partial charge in [-0.2, -0.15) is 0 Å². The molecule has 19 heavy (non-hydrogen) atoms. The molecule has 104 valence electrons. The number of rotatable bonds is 7. The minimum absolute atomic E-state index is 0.0301. The van der Waals surface area contributed by atoms with Gasteiger partial charge < -0.3 is 20.6 Å². The van der Waals surface area contributed by atoms with Crippen LogP contribution in [-0.4, -0.2) is 39.8 Å². The monoisotopic (exact) mass is 267 g/mol. The Labute approximate surface area is 110 Å². The number of carbonyl (C=O) groups is 2. The zero-order chi connectivity index (χ0) is 14.3. The van der Waals surface area contributed by atoms with Crippen molar-refractivity contribution in [3.05, 3.63) is 29.8 Å². The van der Waals surface area contributed by atoms with Crippen LogP contribution in [0.25, 0.3) is 0 Å². The number of carboxylic acids is 1. The van der Waals surface area contributed by atoms with Crippen molar-refractivity contribution in [3.63, 3.8) is 0 Å². The molecule has 0 aliphatic carbocycles. The molecular weight excluding hydrogens is 250 g/mol. The van der Waals surface area contributed by atoms with Crippen molar-refractivity contribution in [1.82, 2.24) is 5.32 Å². The van der Waals surface area contributed by atoms with Gasteiger partial charge in [0.2, 0.25) is 5.91 Å². The molecular formula is C13H17NO5. The molecule has 0 saturated carbocycles. The Kier molecular flexibility index (Phi) is 5.81. The van der Waals surface area contributed by atoms with Crippen LogP contribution in [0.15, 0.2) is 24.3 Å². The minimum Gasteiger partial charge on any atom is -0.508 e. The predicted molar refractivity (Wildman–Crippen MR) is 67.7 cm³/mol. The number of benzene rings is 1. The molecule has 1 aromatic rings. The first-order chi connectivity index (χ1) is 9.00. The quantitative estimate of drug-likeness (QED) is 0.567. The number of aliphatic hydroxyl groups excluding tert-OH is 1. The molecule has 0 fully saturated rings. The summed E-state index contributed by atoms with van der Waals surface area (Å²) in [6.07, 6.45) is -0.892. The fourth-order valence-electron chi connectivity index (χ4n) is 1.53. The molecule has 0 aromatic heterocycles. The molecule has 1 atom stereocenters. The van der Waals surface area contributed by atoms with Crippen LogP contribution in [0, 0.1) is 0 Å². The van der Waals surface area contributed by atoms with E-state index >= 15 is 0 Å². The number of phenols is 1. The predicted octanol–water partition coefficient (Wildman–Crippen LogP) is 0.277. The standard InChI is InChI=1S/C13H17NO5/c15-10-4-2-1-3-9(10)5-6-12(17)14-8-7-11(16)13(18)19/h1-4,11,15-16H,5-8H2,(H,14,17)(H,18,19). The van der Waals surface area contributed by atoms with E-state index in [-0.39, 0.29) is 31.0 Å². The maximum absolute atomic E-state index is 11.5. The van der Waals surface area contributed by atoms with Crippen molar-refractivity contribution in [2.75, 3.05) is 6.54 Å². The van der Waals surface area contributed by atoms with Gasteiger partial charge in [0.1, 0.15) is 5.75 Å². The van der Waals surface area contributed by atoms with E-state index in [4.69, 9.17) is 10.2 Å². The Hall–Kier alpha value is -2.08. The zero-order valence-electron chi connectivity index (χ0n) is 10.4. The normalized spacial score (nSPS) is 11.8. The number of carbonyl (C=O) groups excluding carboxylic acids is 1. The molecule has 0 aliphatic heterocycles. The summed E-state index contributed by atoms with van der Waals surface area (Å²) in [6.45, 7) is 0.104. The molecule has 0 spiro atoms. The van der Waals surface area contributed by atoms with Crippen LogP contribution in [0.4, 0.5) is 0 Å². The molecule has 0 saturated heterocycles. The van der Waals surface area contributed by atoms with Crippen LogP contribution in [-0.2, 0) is 16.0 Å². The molecule has 0 bridgehead atoms. The van der Waals surface area contributed by atoms with Gasteiger partial charge >= 0.3 is 5.97 Å². The van der Waals surface area contributed by atoms with Crippen molar-refractivity contribution >= 4 is 11.9 Å². The van der Waals surface area contributed by atoms with Crippen molar-refractivity contribution in [2.24, 2.45) is 0 Å². The number of carboxylic acid groups (broad SMARTS) is 1. The van der Waals surface area contributed by atoms with E-state index in [1.807, 2.05) is 0 Å². The second kappa shape index (κ2) is 7.38. The lowest BCUT2D eigenvalue weighted by molar-refractivity contribution is -0.147. The molecule has 0 radical (unpaired) electrons. The molecule has 1 unspecified atom stereocenters. The summed E-state index contributed by atoms with van der Waals surface area (Å²) in [7, 11) is 0. The second-order valence-corrected chi connectivity index (χ2v) is 4.12. The van der Waals surface area contributed by atoms with Gasteiger partial charge in [0.25, 0.3) is 0 Å². The van der Waals surface area contributed by atoms with Crippen LogP contribution < -0.4 is 5.32 Å². The van der Waals surface area contributed by atoms with E-state index in [0.29, 0.717) is 12.0 Å². The van der Waals surface area contributed by atoms with Crippen LogP contribution >= 0.6 is 0 Å². The maximum Gasteiger partial charge on any atom is 0.332 e. The summed E-state index contributed by atoms with van der Waals surface area (Å²) in [5.74, 6) is -1.40. The first kappa shape index (κ1) is 15.0. The van der Waals surface area contributed by atoms with Gasteiger partial charge in [-0.1, -0.05) is 18.2 Å². The summed E-state index contributed by atoms with van der Waals surface area (Å²) in [4.78, 5) is 21.8. The summed E-state index contributed by atoms with van der Waals surface area (Å²) < 4.78 is 0. The Bertz CT molecular complexity index is 446. The Morgan fingerprint density at radius 3 is 2.58 bits per heavy atom. The van der Waals surface area contributed by atoms with Crippen molar-refractivity contribution in [2.45, 2.75) is 25.4 Å². The minimum atomic E-state index is -1.46. The van der Waals surface area contributed by atoms with E-state index < -0.39 is 12.1 Å². The molecule has 4 N–H and O–H groups in total. The molecule has 1 amide bonds.